The molecule has 118 valence electrons. The van der Waals surface area contributed by atoms with E-state index in [2.05, 4.69) is 5.32 Å². The van der Waals surface area contributed by atoms with Crippen molar-refractivity contribution in [3.63, 3.8) is 0 Å². The Kier molecular flexibility index (Phi) is 4.80. The van der Waals surface area contributed by atoms with Crippen molar-refractivity contribution in [2.45, 2.75) is 32.7 Å². The van der Waals surface area contributed by atoms with Gasteiger partial charge in [-0.1, -0.05) is 13.8 Å². The van der Waals surface area contributed by atoms with Gasteiger partial charge >= 0.3 is 0 Å². The highest BCUT2D eigenvalue weighted by Crippen LogP contribution is 2.21. The van der Waals surface area contributed by atoms with E-state index >= 15 is 0 Å². The first-order valence-corrected chi connectivity index (χ1v) is 7.41. The van der Waals surface area contributed by atoms with Crippen molar-refractivity contribution in [1.82, 2.24) is 4.90 Å². The summed E-state index contributed by atoms with van der Waals surface area (Å²) in [5.74, 6) is -0.828. The summed E-state index contributed by atoms with van der Waals surface area (Å²) in [6, 6.07) is 5.95. The van der Waals surface area contributed by atoms with Crippen LogP contribution in [0.25, 0.3) is 0 Å². The van der Waals surface area contributed by atoms with E-state index in [-0.39, 0.29) is 17.7 Å². The summed E-state index contributed by atoms with van der Waals surface area (Å²) < 4.78 is 0. The molecule has 3 N–H and O–H groups in total. The lowest BCUT2D eigenvalue weighted by molar-refractivity contribution is -0.139. The normalized spacial score (nSPS) is 17.6. The van der Waals surface area contributed by atoms with Crippen molar-refractivity contribution in [2.24, 2.45) is 11.7 Å². The van der Waals surface area contributed by atoms with E-state index in [1.54, 1.807) is 29.2 Å². The predicted molar refractivity (Wildman–Crippen MR) is 83.2 cm³/mol. The summed E-state index contributed by atoms with van der Waals surface area (Å²) >= 11 is 0. The topological polar surface area (TPSA) is 92.5 Å². The minimum absolute atomic E-state index is 0.00160. The minimum atomic E-state index is -0.512. The standard InChI is InChI=1S/C16H21N3O3/c1-10(2)16(22)19-9-3-4-13(19)15(21)18-12-7-5-11(6-8-12)14(17)20/h5-8,10,13H,3-4,9H2,1-2H3,(H2,17,20)(H,18,21). The molecule has 1 saturated heterocycles. The number of carbonyl (C=O) groups is 3. The Morgan fingerprint density at radius 2 is 1.86 bits per heavy atom. The van der Waals surface area contributed by atoms with Gasteiger partial charge in [-0.15, -0.1) is 0 Å². The molecule has 1 aliphatic heterocycles. The molecule has 0 aliphatic carbocycles. The summed E-state index contributed by atoms with van der Waals surface area (Å²) in [5, 5.41) is 2.79. The molecule has 0 bridgehead atoms. The lowest BCUT2D eigenvalue weighted by Crippen LogP contribution is -2.44. The van der Waals surface area contributed by atoms with Gasteiger partial charge in [0.05, 0.1) is 0 Å². The first kappa shape index (κ1) is 16.0. The number of nitrogens with zero attached hydrogens (tertiary/aromatic N) is 1. The monoisotopic (exact) mass is 303 g/mol. The van der Waals surface area contributed by atoms with E-state index in [1.165, 1.54) is 0 Å². The van der Waals surface area contributed by atoms with Crippen molar-refractivity contribution < 1.29 is 14.4 Å². The lowest BCUT2D eigenvalue weighted by atomic mass is 10.1. The number of anilines is 1. The molecule has 0 radical (unpaired) electrons. The summed E-state index contributed by atoms with van der Waals surface area (Å²) in [4.78, 5) is 37.2. The summed E-state index contributed by atoms with van der Waals surface area (Å²) in [6.45, 7) is 4.28. The van der Waals surface area contributed by atoms with Crippen LogP contribution in [0.3, 0.4) is 0 Å². The zero-order valence-electron chi connectivity index (χ0n) is 12.8. The molecule has 1 unspecified atom stereocenters. The average Bonchev–Trinajstić information content (AvgIpc) is 2.96. The van der Waals surface area contributed by atoms with Crippen molar-refractivity contribution in [2.75, 3.05) is 11.9 Å². The first-order chi connectivity index (χ1) is 10.4. The molecule has 22 heavy (non-hydrogen) atoms. The van der Waals surface area contributed by atoms with Crippen LogP contribution < -0.4 is 11.1 Å². The summed E-state index contributed by atoms with van der Waals surface area (Å²) in [6.07, 6.45) is 1.50. The minimum Gasteiger partial charge on any atom is -0.366 e. The Balaban J connectivity index is 2.05. The van der Waals surface area contributed by atoms with Crippen LogP contribution in [-0.4, -0.2) is 35.2 Å². The van der Waals surface area contributed by atoms with Gasteiger partial charge in [0.1, 0.15) is 6.04 Å². The maximum atomic E-state index is 12.4. The van der Waals surface area contributed by atoms with Gasteiger partial charge in [0.2, 0.25) is 17.7 Å². The smallest absolute Gasteiger partial charge is 0.248 e. The maximum absolute atomic E-state index is 12.4. The second-order valence-corrected chi connectivity index (χ2v) is 5.78. The predicted octanol–water partition coefficient (Wildman–Crippen LogP) is 1.37. The highest BCUT2D eigenvalue weighted by atomic mass is 16.2. The van der Waals surface area contributed by atoms with Gasteiger partial charge in [0.15, 0.2) is 0 Å². The van der Waals surface area contributed by atoms with Crippen molar-refractivity contribution in [3.05, 3.63) is 29.8 Å². The molecule has 1 atom stereocenters. The van der Waals surface area contributed by atoms with Gasteiger partial charge in [0.25, 0.3) is 0 Å². The molecule has 1 aromatic rings. The molecule has 3 amide bonds. The molecule has 0 aromatic heterocycles. The largest absolute Gasteiger partial charge is 0.366 e. The molecule has 1 aliphatic rings. The second kappa shape index (κ2) is 6.60. The lowest BCUT2D eigenvalue weighted by Gasteiger charge is -2.25. The van der Waals surface area contributed by atoms with Crippen molar-refractivity contribution in [3.8, 4) is 0 Å². The SMILES string of the molecule is CC(C)C(=O)N1CCCC1C(=O)Nc1ccc(C(N)=O)cc1. The van der Waals surface area contributed by atoms with Gasteiger partial charge in [-0.05, 0) is 37.1 Å². The van der Waals surface area contributed by atoms with E-state index in [0.717, 1.165) is 6.42 Å². The number of amides is 3. The molecular formula is C16H21N3O3. The van der Waals surface area contributed by atoms with Crippen LogP contribution in [0, 0.1) is 5.92 Å². The fourth-order valence-corrected chi connectivity index (χ4v) is 2.58. The number of nitrogens with one attached hydrogen (secondary N) is 1. The molecule has 6 nitrogen and oxygen atoms in total. The van der Waals surface area contributed by atoms with Crippen LogP contribution in [0.15, 0.2) is 24.3 Å². The van der Waals surface area contributed by atoms with Crippen LogP contribution in [0.5, 0.6) is 0 Å². The third-order valence-electron chi connectivity index (χ3n) is 3.77. The van der Waals surface area contributed by atoms with Gasteiger partial charge < -0.3 is 16.0 Å². The quantitative estimate of drug-likeness (QED) is 0.880. The van der Waals surface area contributed by atoms with Crippen LogP contribution >= 0.6 is 0 Å². The Bertz CT molecular complexity index is 581. The molecule has 1 fully saturated rings. The second-order valence-electron chi connectivity index (χ2n) is 5.78. The fraction of sp³-hybridized carbons (Fsp3) is 0.438. The van der Waals surface area contributed by atoms with E-state index in [1.807, 2.05) is 13.8 Å². The van der Waals surface area contributed by atoms with Crippen LogP contribution in [0.2, 0.25) is 0 Å². The first-order valence-electron chi connectivity index (χ1n) is 7.41. The van der Waals surface area contributed by atoms with E-state index in [4.69, 9.17) is 5.73 Å². The van der Waals surface area contributed by atoms with Crippen molar-refractivity contribution >= 4 is 23.4 Å². The Labute approximate surface area is 129 Å². The van der Waals surface area contributed by atoms with E-state index in [0.29, 0.717) is 24.2 Å². The highest BCUT2D eigenvalue weighted by molar-refractivity contribution is 5.98. The summed E-state index contributed by atoms with van der Waals surface area (Å²) in [7, 11) is 0. The Hall–Kier alpha value is -2.37. The molecule has 1 aromatic carbocycles. The van der Waals surface area contributed by atoms with Crippen LogP contribution in [0.4, 0.5) is 5.69 Å². The molecule has 0 spiro atoms. The number of likely N-dealkylation sites (tertiary alicyclic amines) is 1. The average molecular weight is 303 g/mol. The number of nitrogens with two attached hydrogens (primary N) is 1. The molecule has 0 saturated carbocycles. The molecular weight excluding hydrogens is 282 g/mol. The Morgan fingerprint density at radius 3 is 2.41 bits per heavy atom. The highest BCUT2D eigenvalue weighted by Gasteiger charge is 2.34. The number of primary amides is 1. The number of benzene rings is 1. The van der Waals surface area contributed by atoms with Crippen molar-refractivity contribution in [1.29, 1.82) is 0 Å². The fourth-order valence-electron chi connectivity index (χ4n) is 2.58. The van der Waals surface area contributed by atoms with E-state index < -0.39 is 11.9 Å². The summed E-state index contributed by atoms with van der Waals surface area (Å²) in [5.41, 5.74) is 6.14. The Morgan fingerprint density at radius 1 is 1.23 bits per heavy atom. The zero-order valence-corrected chi connectivity index (χ0v) is 12.8. The molecule has 6 heteroatoms. The van der Waals surface area contributed by atoms with Gasteiger partial charge in [0, 0.05) is 23.7 Å². The van der Waals surface area contributed by atoms with Gasteiger partial charge in [-0.2, -0.15) is 0 Å². The number of rotatable bonds is 4. The van der Waals surface area contributed by atoms with Crippen LogP contribution in [0.1, 0.15) is 37.0 Å². The van der Waals surface area contributed by atoms with Crippen LogP contribution in [-0.2, 0) is 9.59 Å². The molecule has 2 rings (SSSR count). The van der Waals surface area contributed by atoms with Gasteiger partial charge in [-0.25, -0.2) is 0 Å². The third-order valence-corrected chi connectivity index (χ3v) is 3.77. The third kappa shape index (κ3) is 3.44. The molecule has 1 heterocycles. The number of hydrogen-bond acceptors (Lipinski definition) is 3. The number of hydrogen-bond donors (Lipinski definition) is 2. The zero-order chi connectivity index (χ0) is 16.3. The van der Waals surface area contributed by atoms with Gasteiger partial charge in [-0.3, -0.25) is 14.4 Å². The maximum Gasteiger partial charge on any atom is 0.248 e. The number of carbonyl (C=O) groups excluding carboxylic acids is 3. The van der Waals surface area contributed by atoms with E-state index in [9.17, 15) is 14.4 Å².